The molecule has 1 atom stereocenters. The minimum atomic E-state index is -0.932. The average Bonchev–Trinajstić information content (AvgIpc) is 2.57. The Hall–Kier alpha value is -2.77. The zero-order valence-corrected chi connectivity index (χ0v) is 13.1. The number of hydrogen-bond acceptors (Lipinski definition) is 5. The number of fused-ring (bicyclic) bond motifs is 1. The summed E-state index contributed by atoms with van der Waals surface area (Å²) in [7, 11) is 0. The molecule has 122 valence electrons. The maximum Gasteiger partial charge on any atom is 0.270 e. The molecule has 1 N–H and O–H groups in total. The number of benzene rings is 2. The molecule has 0 aliphatic heterocycles. The molecule has 0 saturated heterocycles. The molecule has 0 amide bonds. The van der Waals surface area contributed by atoms with Crippen molar-refractivity contribution >= 4 is 28.2 Å². The van der Waals surface area contributed by atoms with Gasteiger partial charge in [0.2, 0.25) is 0 Å². The van der Waals surface area contributed by atoms with Crippen LogP contribution in [0.1, 0.15) is 11.7 Å². The quantitative estimate of drug-likeness (QED) is 0.579. The molecule has 0 bridgehead atoms. The highest BCUT2D eigenvalue weighted by Crippen LogP contribution is 2.19. The molecule has 1 heterocycles. The molecular weight excluding hydrogens is 334 g/mol. The molecule has 0 saturated carbocycles. The lowest BCUT2D eigenvalue weighted by Gasteiger charge is -2.13. The van der Waals surface area contributed by atoms with Crippen molar-refractivity contribution < 1.29 is 10.0 Å². The minimum absolute atomic E-state index is 0.0217. The molecule has 8 heteroatoms. The highest BCUT2D eigenvalue weighted by Gasteiger charge is 2.14. The summed E-state index contributed by atoms with van der Waals surface area (Å²) in [4.78, 5) is 26.9. The number of aliphatic hydroxyl groups excluding tert-OH is 1. The summed E-state index contributed by atoms with van der Waals surface area (Å²) >= 11 is 5.81. The third kappa shape index (κ3) is 3.12. The van der Waals surface area contributed by atoms with E-state index in [1.54, 1.807) is 24.3 Å². The van der Waals surface area contributed by atoms with E-state index in [4.69, 9.17) is 11.6 Å². The fraction of sp³-hybridized carbons (Fsp3) is 0.125. The van der Waals surface area contributed by atoms with Crippen molar-refractivity contribution in [3.8, 4) is 0 Å². The molecule has 1 aromatic heterocycles. The van der Waals surface area contributed by atoms with Gasteiger partial charge in [0.25, 0.3) is 11.2 Å². The second-order valence-corrected chi connectivity index (χ2v) is 5.66. The van der Waals surface area contributed by atoms with Gasteiger partial charge in [-0.3, -0.25) is 19.5 Å². The third-order valence-electron chi connectivity index (χ3n) is 3.64. The Bertz CT molecular complexity index is 969. The predicted molar refractivity (Wildman–Crippen MR) is 89.1 cm³/mol. The monoisotopic (exact) mass is 345 g/mol. The molecule has 0 spiro atoms. The Morgan fingerprint density at radius 1 is 1.25 bits per heavy atom. The molecule has 3 aromatic rings. The van der Waals surface area contributed by atoms with Crippen LogP contribution >= 0.6 is 11.6 Å². The maximum atomic E-state index is 12.5. The number of nitro benzene ring substituents is 1. The molecule has 24 heavy (non-hydrogen) atoms. The second kappa shape index (κ2) is 6.38. The second-order valence-electron chi connectivity index (χ2n) is 5.23. The predicted octanol–water partition coefficient (Wildman–Crippen LogP) is 2.69. The lowest BCUT2D eigenvalue weighted by atomic mass is 10.1. The zero-order chi connectivity index (χ0) is 17.3. The van der Waals surface area contributed by atoms with Gasteiger partial charge < -0.3 is 5.11 Å². The topological polar surface area (TPSA) is 98.3 Å². The number of aliphatic hydroxyl groups is 1. The van der Waals surface area contributed by atoms with Gasteiger partial charge in [-0.15, -0.1) is 0 Å². The van der Waals surface area contributed by atoms with Crippen LogP contribution in [0.5, 0.6) is 0 Å². The largest absolute Gasteiger partial charge is 0.387 e. The van der Waals surface area contributed by atoms with Gasteiger partial charge >= 0.3 is 0 Å². The van der Waals surface area contributed by atoms with Crippen molar-refractivity contribution in [1.82, 2.24) is 9.55 Å². The lowest BCUT2D eigenvalue weighted by molar-refractivity contribution is -0.384. The highest BCUT2D eigenvalue weighted by atomic mass is 35.5. The Morgan fingerprint density at radius 3 is 2.62 bits per heavy atom. The Kier molecular flexibility index (Phi) is 4.28. The molecule has 7 nitrogen and oxygen atoms in total. The maximum absolute atomic E-state index is 12.5. The average molecular weight is 346 g/mol. The fourth-order valence-corrected chi connectivity index (χ4v) is 2.49. The SMILES string of the molecule is O=c1c2cc([N+](=O)[O-])ccc2ncn1CC(O)c1ccc(Cl)cc1. The van der Waals surface area contributed by atoms with E-state index >= 15 is 0 Å². The van der Waals surface area contributed by atoms with Crippen LogP contribution < -0.4 is 5.56 Å². The smallest absolute Gasteiger partial charge is 0.270 e. The number of nitrogens with zero attached hydrogens (tertiary/aromatic N) is 3. The molecule has 0 aliphatic carbocycles. The number of halogens is 1. The van der Waals surface area contributed by atoms with Gasteiger partial charge in [-0.1, -0.05) is 23.7 Å². The van der Waals surface area contributed by atoms with Gasteiger partial charge in [0, 0.05) is 17.2 Å². The van der Waals surface area contributed by atoms with Crippen molar-refractivity contribution in [2.75, 3.05) is 0 Å². The van der Waals surface area contributed by atoms with Crippen LogP contribution in [0.3, 0.4) is 0 Å². The van der Waals surface area contributed by atoms with Crippen molar-refractivity contribution in [2.24, 2.45) is 0 Å². The standard InChI is InChI=1S/C16H12ClN3O4/c17-11-3-1-10(2-4-11)15(21)8-19-9-18-14-6-5-12(20(23)24)7-13(14)16(19)22/h1-7,9,15,21H,8H2. The molecule has 3 rings (SSSR count). The normalized spacial score (nSPS) is 12.2. The van der Waals surface area contributed by atoms with E-state index in [0.717, 1.165) is 0 Å². The summed E-state index contributed by atoms with van der Waals surface area (Å²) < 4.78 is 1.23. The zero-order valence-electron chi connectivity index (χ0n) is 12.3. The van der Waals surface area contributed by atoms with E-state index in [1.807, 2.05) is 0 Å². The summed E-state index contributed by atoms with van der Waals surface area (Å²) in [6.07, 6.45) is 0.383. The van der Waals surface area contributed by atoms with E-state index in [-0.39, 0.29) is 17.6 Å². The number of nitro groups is 1. The fourth-order valence-electron chi connectivity index (χ4n) is 2.37. The number of non-ortho nitro benzene ring substituents is 1. The Balaban J connectivity index is 1.97. The van der Waals surface area contributed by atoms with Crippen LogP contribution in [0, 0.1) is 10.1 Å². The van der Waals surface area contributed by atoms with Crippen molar-refractivity contribution in [3.05, 3.63) is 79.8 Å². The molecule has 1 unspecified atom stereocenters. The van der Waals surface area contributed by atoms with Crippen molar-refractivity contribution in [3.63, 3.8) is 0 Å². The molecular formula is C16H12ClN3O4. The van der Waals surface area contributed by atoms with Gasteiger partial charge in [0.15, 0.2) is 0 Å². The van der Waals surface area contributed by atoms with E-state index < -0.39 is 16.6 Å². The van der Waals surface area contributed by atoms with Crippen LogP contribution in [0.4, 0.5) is 5.69 Å². The van der Waals surface area contributed by atoms with Crippen molar-refractivity contribution in [2.45, 2.75) is 12.6 Å². The first-order valence-electron chi connectivity index (χ1n) is 7.03. The van der Waals surface area contributed by atoms with Crippen molar-refractivity contribution in [1.29, 1.82) is 0 Å². The molecule has 0 fully saturated rings. The number of aromatic nitrogens is 2. The van der Waals surface area contributed by atoms with Crippen LogP contribution in [0.2, 0.25) is 5.02 Å². The minimum Gasteiger partial charge on any atom is -0.387 e. The Morgan fingerprint density at radius 2 is 1.96 bits per heavy atom. The number of rotatable bonds is 4. The first-order chi connectivity index (χ1) is 11.5. The Labute approximate surface area is 140 Å². The first kappa shape index (κ1) is 16.1. The number of hydrogen-bond donors (Lipinski definition) is 1. The summed E-state index contributed by atoms with van der Waals surface area (Å²) in [6, 6.07) is 10.5. The van der Waals surface area contributed by atoms with Crippen LogP contribution in [-0.4, -0.2) is 19.6 Å². The van der Waals surface area contributed by atoms with Crippen LogP contribution in [0.25, 0.3) is 10.9 Å². The third-order valence-corrected chi connectivity index (χ3v) is 3.89. The van der Waals surface area contributed by atoms with E-state index in [1.165, 1.54) is 29.1 Å². The summed E-state index contributed by atoms with van der Waals surface area (Å²) in [5.41, 5.74) is 0.336. The molecule has 0 aliphatic rings. The first-order valence-corrected chi connectivity index (χ1v) is 7.40. The van der Waals surface area contributed by atoms with Crippen LogP contribution in [0.15, 0.2) is 53.6 Å². The van der Waals surface area contributed by atoms with Crippen LogP contribution in [-0.2, 0) is 6.54 Å². The van der Waals surface area contributed by atoms with Gasteiger partial charge in [-0.25, -0.2) is 4.98 Å². The highest BCUT2D eigenvalue weighted by molar-refractivity contribution is 6.30. The summed E-state index contributed by atoms with van der Waals surface area (Å²) in [5, 5.41) is 21.8. The van der Waals surface area contributed by atoms with Gasteiger partial charge in [-0.05, 0) is 23.8 Å². The van der Waals surface area contributed by atoms with E-state index in [0.29, 0.717) is 16.1 Å². The van der Waals surface area contributed by atoms with Gasteiger partial charge in [0.1, 0.15) is 0 Å². The summed E-state index contributed by atoms with van der Waals surface area (Å²) in [5.74, 6) is 0. The van der Waals surface area contributed by atoms with Gasteiger partial charge in [-0.2, -0.15) is 0 Å². The van der Waals surface area contributed by atoms with E-state index in [2.05, 4.69) is 4.98 Å². The lowest BCUT2D eigenvalue weighted by Crippen LogP contribution is -2.23. The van der Waals surface area contributed by atoms with E-state index in [9.17, 15) is 20.0 Å². The van der Waals surface area contributed by atoms with Gasteiger partial charge in [0.05, 0.1) is 34.8 Å². The molecule has 2 aromatic carbocycles. The summed E-state index contributed by atoms with van der Waals surface area (Å²) in [6.45, 7) is -0.0217. The molecule has 0 radical (unpaired) electrons.